The number of aryl methyl sites for hydroxylation is 2. The van der Waals surface area contributed by atoms with Crippen molar-refractivity contribution in [2.75, 3.05) is 20.8 Å². The minimum atomic E-state index is 0.558. The molecule has 1 saturated carbocycles. The summed E-state index contributed by atoms with van der Waals surface area (Å²) in [5.74, 6) is 2.45. The third-order valence-electron chi connectivity index (χ3n) is 5.92. The molecule has 0 aliphatic heterocycles. The van der Waals surface area contributed by atoms with Crippen molar-refractivity contribution in [2.24, 2.45) is 7.05 Å². The van der Waals surface area contributed by atoms with E-state index < -0.39 is 0 Å². The summed E-state index contributed by atoms with van der Waals surface area (Å²) < 4.78 is 12.6. The summed E-state index contributed by atoms with van der Waals surface area (Å²) in [7, 11) is 5.22. The maximum absolute atomic E-state index is 5.91. The van der Waals surface area contributed by atoms with Gasteiger partial charge in [0, 0.05) is 26.1 Å². The van der Waals surface area contributed by atoms with E-state index in [2.05, 4.69) is 32.6 Å². The summed E-state index contributed by atoms with van der Waals surface area (Å²) in [5, 5.41) is 11.7. The maximum atomic E-state index is 5.91. The molecule has 30 heavy (non-hydrogen) atoms. The molecular formula is C22H33N5O2S. The van der Waals surface area contributed by atoms with Crippen LogP contribution < -0.4 is 9.47 Å². The first-order valence-electron chi connectivity index (χ1n) is 10.8. The van der Waals surface area contributed by atoms with Gasteiger partial charge in [0.1, 0.15) is 0 Å². The van der Waals surface area contributed by atoms with Gasteiger partial charge in [-0.15, -0.1) is 5.10 Å². The molecule has 1 aromatic carbocycles. The van der Waals surface area contributed by atoms with Gasteiger partial charge in [-0.3, -0.25) is 0 Å². The Bertz CT molecular complexity index is 820. The van der Waals surface area contributed by atoms with Gasteiger partial charge in [-0.1, -0.05) is 37.5 Å². The molecule has 0 radical (unpaired) electrons. The lowest BCUT2D eigenvalue weighted by Gasteiger charge is -2.36. The Kier molecular flexibility index (Phi) is 8.42. The third kappa shape index (κ3) is 5.90. The van der Waals surface area contributed by atoms with Crippen molar-refractivity contribution in [3.63, 3.8) is 0 Å². The van der Waals surface area contributed by atoms with Crippen LogP contribution in [0.25, 0.3) is 0 Å². The van der Waals surface area contributed by atoms with E-state index in [1.54, 1.807) is 18.9 Å². The number of hydrogen-bond donors (Lipinski definition) is 0. The molecule has 0 spiro atoms. The number of thiocarbonyl (C=S) groups is 1. The Morgan fingerprint density at radius 2 is 1.90 bits per heavy atom. The molecule has 3 rings (SSSR count). The SMILES string of the molecule is COc1ccc(CCN(C(=S)CCCc2nnnn2C)C2CCCCC2)cc1OC. The first-order valence-corrected chi connectivity index (χ1v) is 11.2. The van der Waals surface area contributed by atoms with Gasteiger partial charge in [0.25, 0.3) is 0 Å². The minimum Gasteiger partial charge on any atom is -0.493 e. The van der Waals surface area contributed by atoms with Crippen LogP contribution >= 0.6 is 12.2 Å². The zero-order chi connectivity index (χ0) is 21.3. The number of rotatable bonds is 10. The Hall–Kier alpha value is -2.22. The summed E-state index contributed by atoms with van der Waals surface area (Å²) in [6, 6.07) is 6.72. The summed E-state index contributed by atoms with van der Waals surface area (Å²) in [5.41, 5.74) is 1.24. The Morgan fingerprint density at radius 1 is 1.13 bits per heavy atom. The molecule has 1 heterocycles. The van der Waals surface area contributed by atoms with Crippen molar-refractivity contribution in [3.8, 4) is 11.5 Å². The highest BCUT2D eigenvalue weighted by Crippen LogP contribution is 2.29. The second-order valence-electron chi connectivity index (χ2n) is 7.89. The fourth-order valence-corrected chi connectivity index (χ4v) is 4.58. The van der Waals surface area contributed by atoms with Gasteiger partial charge in [0.05, 0.1) is 19.2 Å². The summed E-state index contributed by atoms with van der Waals surface area (Å²) in [4.78, 5) is 3.55. The quantitative estimate of drug-likeness (QED) is 0.531. The van der Waals surface area contributed by atoms with E-state index in [-0.39, 0.29) is 0 Å². The summed E-state index contributed by atoms with van der Waals surface area (Å²) in [6.45, 7) is 0.935. The van der Waals surface area contributed by atoms with Gasteiger partial charge in [-0.05, 0) is 60.2 Å². The van der Waals surface area contributed by atoms with E-state index in [0.29, 0.717) is 6.04 Å². The highest BCUT2D eigenvalue weighted by Gasteiger charge is 2.23. The second kappa shape index (κ2) is 11.2. The number of tetrazole rings is 1. The maximum Gasteiger partial charge on any atom is 0.160 e. The molecular weight excluding hydrogens is 398 g/mol. The lowest BCUT2D eigenvalue weighted by molar-refractivity contribution is 0.245. The number of hydrogen-bond acceptors (Lipinski definition) is 6. The molecule has 1 aliphatic carbocycles. The Morgan fingerprint density at radius 3 is 2.57 bits per heavy atom. The van der Waals surface area contributed by atoms with E-state index >= 15 is 0 Å². The van der Waals surface area contributed by atoms with Crippen LogP contribution in [-0.2, 0) is 19.9 Å². The number of aromatic nitrogens is 4. The van der Waals surface area contributed by atoms with Crippen LogP contribution in [0.3, 0.4) is 0 Å². The number of ether oxygens (including phenoxy) is 2. The number of nitrogens with zero attached hydrogens (tertiary/aromatic N) is 5. The van der Waals surface area contributed by atoms with Gasteiger partial charge < -0.3 is 14.4 Å². The van der Waals surface area contributed by atoms with Crippen molar-refractivity contribution in [1.29, 1.82) is 0 Å². The van der Waals surface area contributed by atoms with Crippen molar-refractivity contribution >= 4 is 17.2 Å². The van der Waals surface area contributed by atoms with E-state index in [0.717, 1.165) is 54.5 Å². The lowest BCUT2D eigenvalue weighted by Crippen LogP contribution is -2.41. The standard InChI is InChI=1S/C22H33N5O2S/c1-26-21(23-24-25-26)10-7-11-22(30)27(18-8-5-4-6-9-18)15-14-17-12-13-19(28-2)20(16-17)29-3/h12-13,16,18H,4-11,14-15H2,1-3H3. The van der Waals surface area contributed by atoms with Crippen LogP contribution in [0, 0.1) is 0 Å². The van der Waals surface area contributed by atoms with Crippen LogP contribution in [0.15, 0.2) is 18.2 Å². The van der Waals surface area contributed by atoms with Crippen molar-refractivity contribution < 1.29 is 9.47 Å². The van der Waals surface area contributed by atoms with Gasteiger partial charge in [-0.2, -0.15) is 0 Å². The van der Waals surface area contributed by atoms with Gasteiger partial charge in [0.15, 0.2) is 17.3 Å². The molecule has 2 aromatic rings. The molecule has 0 amide bonds. The van der Waals surface area contributed by atoms with E-state index in [4.69, 9.17) is 21.7 Å². The zero-order valence-corrected chi connectivity index (χ0v) is 19.2. The van der Waals surface area contributed by atoms with E-state index in [9.17, 15) is 0 Å². The average molecular weight is 432 g/mol. The Balaban J connectivity index is 1.61. The molecule has 0 saturated heterocycles. The van der Waals surface area contributed by atoms with Gasteiger partial charge in [-0.25, -0.2) is 4.68 Å². The van der Waals surface area contributed by atoms with Crippen LogP contribution in [0.2, 0.25) is 0 Å². The van der Waals surface area contributed by atoms with Gasteiger partial charge in [0.2, 0.25) is 0 Å². The molecule has 0 bridgehead atoms. The predicted octanol–water partition coefficient (Wildman–Crippen LogP) is 3.75. The highest BCUT2D eigenvalue weighted by atomic mass is 32.1. The fourth-order valence-electron chi connectivity index (χ4n) is 4.19. The average Bonchev–Trinajstić information content (AvgIpc) is 3.19. The molecule has 0 atom stereocenters. The minimum absolute atomic E-state index is 0.558. The summed E-state index contributed by atoms with van der Waals surface area (Å²) in [6.07, 6.45) is 10.0. The van der Waals surface area contributed by atoms with Crippen LogP contribution in [-0.4, -0.2) is 56.9 Å². The highest BCUT2D eigenvalue weighted by molar-refractivity contribution is 7.80. The van der Waals surface area contributed by atoms with Gasteiger partial charge >= 0.3 is 0 Å². The van der Waals surface area contributed by atoms with Crippen molar-refractivity contribution in [2.45, 2.75) is 63.8 Å². The molecule has 0 unspecified atom stereocenters. The largest absolute Gasteiger partial charge is 0.493 e. The smallest absolute Gasteiger partial charge is 0.160 e. The molecule has 164 valence electrons. The van der Waals surface area contributed by atoms with Crippen molar-refractivity contribution in [3.05, 3.63) is 29.6 Å². The number of benzene rings is 1. The first-order chi connectivity index (χ1) is 14.6. The fraction of sp³-hybridized carbons (Fsp3) is 0.636. The lowest BCUT2D eigenvalue weighted by atomic mass is 9.93. The van der Waals surface area contributed by atoms with Crippen molar-refractivity contribution in [1.82, 2.24) is 25.1 Å². The third-order valence-corrected chi connectivity index (χ3v) is 6.36. The second-order valence-corrected chi connectivity index (χ2v) is 8.36. The molecule has 1 aromatic heterocycles. The van der Waals surface area contributed by atoms with Crippen LogP contribution in [0.1, 0.15) is 56.3 Å². The topological polar surface area (TPSA) is 65.3 Å². The van der Waals surface area contributed by atoms with Crippen LogP contribution in [0.5, 0.6) is 11.5 Å². The molecule has 0 N–H and O–H groups in total. The Labute approximate surface area is 184 Å². The van der Waals surface area contributed by atoms with E-state index in [1.165, 1.54) is 37.7 Å². The molecule has 1 fully saturated rings. The zero-order valence-electron chi connectivity index (χ0n) is 18.3. The molecule has 8 heteroatoms. The first kappa shape index (κ1) is 22.5. The normalized spacial score (nSPS) is 14.5. The number of methoxy groups -OCH3 is 2. The monoisotopic (exact) mass is 431 g/mol. The van der Waals surface area contributed by atoms with E-state index in [1.807, 2.05) is 13.1 Å². The molecule has 1 aliphatic rings. The predicted molar refractivity (Wildman–Crippen MR) is 121 cm³/mol. The summed E-state index contributed by atoms with van der Waals surface area (Å²) >= 11 is 5.91. The van der Waals surface area contributed by atoms with Crippen LogP contribution in [0.4, 0.5) is 0 Å². The molecule has 7 nitrogen and oxygen atoms in total.